The number of carbonyl (C=O) groups is 3. The van der Waals surface area contributed by atoms with Gasteiger partial charge >= 0.3 is 12.1 Å². The lowest BCUT2D eigenvalue weighted by molar-refractivity contribution is -0.260. The topological polar surface area (TPSA) is 104 Å². The fourth-order valence-electron chi connectivity index (χ4n) is 5.37. The molecule has 10 nitrogen and oxygen atoms in total. The number of hydrogen-bond donors (Lipinski definition) is 0. The maximum Gasteiger partial charge on any atom is 0.411 e. The third kappa shape index (κ3) is 5.23. The Balaban J connectivity index is 1.58. The van der Waals surface area contributed by atoms with Gasteiger partial charge in [0.05, 0.1) is 32.8 Å². The van der Waals surface area contributed by atoms with Gasteiger partial charge < -0.3 is 28.6 Å². The van der Waals surface area contributed by atoms with Crippen molar-refractivity contribution in [3.63, 3.8) is 0 Å². The van der Waals surface area contributed by atoms with E-state index < -0.39 is 23.5 Å². The number of methoxy groups -OCH3 is 2. The van der Waals surface area contributed by atoms with Crippen molar-refractivity contribution in [2.45, 2.75) is 83.6 Å². The lowest BCUT2D eigenvalue weighted by Crippen LogP contribution is -2.68. The highest BCUT2D eigenvalue weighted by molar-refractivity contribution is 5.93. The fourth-order valence-corrected chi connectivity index (χ4v) is 5.37. The Hall–Kier alpha value is -3.01. The normalized spacial score (nSPS) is 27.2. The molecule has 0 spiro atoms. The van der Waals surface area contributed by atoms with Crippen molar-refractivity contribution in [3.05, 3.63) is 23.8 Å². The molecule has 0 aliphatic carbocycles. The van der Waals surface area contributed by atoms with Crippen LogP contribution in [0.1, 0.15) is 53.0 Å². The predicted octanol–water partition coefficient (Wildman–Crippen LogP) is 3.11. The number of hydrogen-bond acceptors (Lipinski definition) is 8. The third-order valence-electron chi connectivity index (χ3n) is 6.70. The van der Waals surface area contributed by atoms with E-state index in [2.05, 4.69) is 0 Å². The molecule has 0 N–H and O–H groups in total. The third-order valence-corrected chi connectivity index (χ3v) is 6.70. The summed E-state index contributed by atoms with van der Waals surface area (Å²) >= 11 is 0. The summed E-state index contributed by atoms with van der Waals surface area (Å²) in [4.78, 5) is 41.8. The van der Waals surface area contributed by atoms with E-state index in [9.17, 15) is 14.4 Å². The Labute approximate surface area is 211 Å². The smallest absolute Gasteiger partial charge is 0.411 e. The van der Waals surface area contributed by atoms with Crippen molar-refractivity contribution in [3.8, 4) is 11.5 Å². The van der Waals surface area contributed by atoms with E-state index in [1.807, 2.05) is 12.1 Å². The van der Waals surface area contributed by atoms with Crippen molar-refractivity contribution in [2.24, 2.45) is 5.92 Å². The van der Waals surface area contributed by atoms with Gasteiger partial charge in [0.2, 0.25) is 11.7 Å². The first-order valence-corrected chi connectivity index (χ1v) is 12.2. The number of carbonyl (C=O) groups excluding carboxylic acids is 3. The molecule has 36 heavy (non-hydrogen) atoms. The molecule has 4 atom stereocenters. The molecule has 0 aromatic heterocycles. The number of esters is 1. The van der Waals surface area contributed by atoms with Gasteiger partial charge in [-0.25, -0.2) is 4.79 Å². The lowest BCUT2D eigenvalue weighted by Gasteiger charge is -2.47. The van der Waals surface area contributed by atoms with Crippen molar-refractivity contribution < 1.29 is 38.1 Å². The summed E-state index contributed by atoms with van der Waals surface area (Å²) in [6.45, 7) is 9.46. The summed E-state index contributed by atoms with van der Waals surface area (Å²) < 4.78 is 27.7. The van der Waals surface area contributed by atoms with Crippen LogP contribution in [0.15, 0.2) is 18.2 Å². The fraction of sp³-hybridized carbons (Fsp3) is 0.654. The molecule has 3 saturated heterocycles. The van der Waals surface area contributed by atoms with E-state index in [1.54, 1.807) is 59.8 Å². The van der Waals surface area contributed by atoms with Crippen molar-refractivity contribution >= 4 is 18.0 Å². The molecule has 2 amide bonds. The first kappa shape index (κ1) is 26.1. The highest BCUT2D eigenvalue weighted by atomic mass is 16.7. The summed E-state index contributed by atoms with van der Waals surface area (Å²) in [5.41, 5.74) is 0.145. The Kier molecular flexibility index (Phi) is 6.85. The lowest BCUT2D eigenvalue weighted by atomic mass is 9.84. The molecule has 198 valence electrons. The Bertz CT molecular complexity index is 1030. The van der Waals surface area contributed by atoms with Crippen LogP contribution in [0.5, 0.6) is 11.5 Å². The zero-order valence-electron chi connectivity index (χ0n) is 22.0. The number of amides is 2. The second-order valence-corrected chi connectivity index (χ2v) is 11.0. The summed E-state index contributed by atoms with van der Waals surface area (Å²) in [6, 6.07) is 4.62. The molecular weight excluding hydrogens is 468 g/mol. The molecule has 0 saturated carbocycles. The monoisotopic (exact) mass is 504 g/mol. The highest BCUT2D eigenvalue weighted by Crippen LogP contribution is 2.43. The van der Waals surface area contributed by atoms with Crippen LogP contribution in [-0.4, -0.2) is 78.1 Å². The Morgan fingerprint density at radius 3 is 2.50 bits per heavy atom. The summed E-state index contributed by atoms with van der Waals surface area (Å²) in [5, 5.41) is 0. The molecule has 3 aliphatic rings. The SMILES string of the molecule is COc1ccc(CN2C(=O)[C@@H]3[C@H]2[C@H](CC2CC(=O)OC(C)(C)O2)CN3C(=O)OC(C)(C)C)c(OC)c1. The number of likely N-dealkylation sites (tertiary alicyclic amines) is 2. The maximum atomic E-state index is 13.3. The molecule has 1 unspecified atom stereocenters. The molecule has 1 aromatic carbocycles. The summed E-state index contributed by atoms with van der Waals surface area (Å²) in [7, 11) is 3.15. The molecule has 1 aromatic rings. The predicted molar refractivity (Wildman–Crippen MR) is 128 cm³/mol. The molecule has 3 aliphatic heterocycles. The molecule has 3 heterocycles. The average molecular weight is 505 g/mol. The minimum absolute atomic E-state index is 0.101. The molecule has 10 heteroatoms. The molecule has 0 radical (unpaired) electrons. The quantitative estimate of drug-likeness (QED) is 0.430. The van der Waals surface area contributed by atoms with Crippen LogP contribution in [0.2, 0.25) is 0 Å². The van der Waals surface area contributed by atoms with Gasteiger partial charge in [0.1, 0.15) is 23.1 Å². The van der Waals surface area contributed by atoms with E-state index in [1.165, 1.54) is 4.90 Å². The van der Waals surface area contributed by atoms with Crippen LogP contribution in [-0.2, 0) is 30.3 Å². The van der Waals surface area contributed by atoms with Gasteiger partial charge in [0, 0.05) is 44.5 Å². The minimum Gasteiger partial charge on any atom is -0.497 e. The molecule has 4 rings (SSSR count). The van der Waals surface area contributed by atoms with Crippen LogP contribution in [0.3, 0.4) is 0 Å². The van der Waals surface area contributed by atoms with Crippen LogP contribution in [0.25, 0.3) is 0 Å². The van der Waals surface area contributed by atoms with Gasteiger partial charge in [0.15, 0.2) is 0 Å². The number of rotatable bonds is 6. The van der Waals surface area contributed by atoms with E-state index in [0.29, 0.717) is 31.0 Å². The van der Waals surface area contributed by atoms with Crippen molar-refractivity contribution in [1.29, 1.82) is 0 Å². The molecule has 3 fully saturated rings. The van der Waals surface area contributed by atoms with Gasteiger partial charge in [-0.05, 0) is 39.3 Å². The first-order valence-electron chi connectivity index (χ1n) is 12.2. The number of cyclic esters (lactones) is 1. The van der Waals surface area contributed by atoms with E-state index in [4.69, 9.17) is 23.7 Å². The van der Waals surface area contributed by atoms with Gasteiger partial charge in [0.25, 0.3) is 0 Å². The standard InChI is InChI=1S/C26H36N2O8/c1-25(2,3)36-24(31)28-14-16(10-18-12-20(29)35-26(4,5)34-18)21-22(28)23(30)27(21)13-15-8-9-17(32-6)11-19(15)33-7/h8-9,11,16,18,21-22H,10,12-14H2,1-7H3/t16-,18?,21-,22+/m1/s1. The number of benzene rings is 1. The van der Waals surface area contributed by atoms with Crippen LogP contribution in [0, 0.1) is 5.92 Å². The number of fused-ring (bicyclic) bond motifs is 1. The Morgan fingerprint density at radius 2 is 1.89 bits per heavy atom. The number of ether oxygens (including phenoxy) is 5. The first-order chi connectivity index (χ1) is 16.8. The van der Waals surface area contributed by atoms with Gasteiger partial charge in [-0.15, -0.1) is 0 Å². The second kappa shape index (κ2) is 9.46. The largest absolute Gasteiger partial charge is 0.497 e. The summed E-state index contributed by atoms with van der Waals surface area (Å²) in [6.07, 6.45) is -0.259. The van der Waals surface area contributed by atoms with Crippen molar-refractivity contribution in [2.75, 3.05) is 20.8 Å². The highest BCUT2D eigenvalue weighted by Gasteiger charge is 2.61. The van der Waals surface area contributed by atoms with Crippen LogP contribution in [0.4, 0.5) is 4.79 Å². The summed E-state index contributed by atoms with van der Waals surface area (Å²) in [5.74, 6) is -0.313. The zero-order valence-corrected chi connectivity index (χ0v) is 22.0. The number of nitrogens with zero attached hydrogens (tertiary/aromatic N) is 2. The van der Waals surface area contributed by atoms with Crippen LogP contribution < -0.4 is 9.47 Å². The molecule has 0 bridgehead atoms. The van der Waals surface area contributed by atoms with Crippen LogP contribution >= 0.6 is 0 Å². The van der Waals surface area contributed by atoms with E-state index in [-0.39, 0.29) is 36.4 Å². The zero-order chi connectivity index (χ0) is 26.4. The average Bonchev–Trinajstić information content (AvgIpc) is 3.09. The van der Waals surface area contributed by atoms with Gasteiger partial charge in [-0.2, -0.15) is 0 Å². The number of β-lactam (4-membered cyclic amide) rings is 1. The maximum absolute atomic E-state index is 13.3. The van der Waals surface area contributed by atoms with E-state index in [0.717, 1.165) is 5.56 Å². The van der Waals surface area contributed by atoms with Gasteiger partial charge in [-0.1, -0.05) is 0 Å². The van der Waals surface area contributed by atoms with E-state index >= 15 is 0 Å². The Morgan fingerprint density at radius 1 is 1.17 bits per heavy atom. The molecular formula is C26H36N2O8. The minimum atomic E-state index is -1.02. The van der Waals surface area contributed by atoms with Gasteiger partial charge in [-0.3, -0.25) is 14.5 Å². The second-order valence-electron chi connectivity index (χ2n) is 11.0. The van der Waals surface area contributed by atoms with Crippen molar-refractivity contribution in [1.82, 2.24) is 9.80 Å².